The molecule has 0 aromatic heterocycles. The van der Waals surface area contributed by atoms with Gasteiger partial charge in [0.1, 0.15) is 23.7 Å². The van der Waals surface area contributed by atoms with Gasteiger partial charge in [-0.25, -0.2) is 0 Å². The smallest absolute Gasteiger partial charge is 0.313 e. The molecule has 6 rings (SSSR count). The van der Waals surface area contributed by atoms with Gasteiger partial charge in [0.2, 0.25) is 17.7 Å². The molecule has 3 saturated heterocycles. The molecule has 12 heteroatoms. The predicted molar refractivity (Wildman–Crippen MR) is 166 cm³/mol. The molecule has 7 atom stereocenters. The van der Waals surface area contributed by atoms with Crippen molar-refractivity contribution in [3.63, 3.8) is 0 Å². The van der Waals surface area contributed by atoms with E-state index in [1.807, 2.05) is 49.4 Å². The zero-order chi connectivity index (χ0) is 32.3. The Kier molecular flexibility index (Phi) is 9.88. The molecule has 46 heavy (non-hydrogen) atoms. The number of rotatable bonds is 7. The van der Waals surface area contributed by atoms with Crippen LogP contribution in [0.3, 0.4) is 0 Å². The SMILES string of the molecule is CC[C@@H](CO)N1C(=O)[C@@H]2[C@H]3C(=O)O[C@@H](c4ccccc4)CNC(=O)CC/C=C\CN(CCN4CCOCC4)C(=O)[C@@H]1[C@]21C=C[C@H]3O1. The maximum absolute atomic E-state index is 14.7. The van der Waals surface area contributed by atoms with Crippen LogP contribution in [0.5, 0.6) is 0 Å². The van der Waals surface area contributed by atoms with Gasteiger partial charge in [0.05, 0.1) is 44.4 Å². The Hall–Kier alpha value is -3.58. The summed E-state index contributed by atoms with van der Waals surface area (Å²) in [5.41, 5.74) is -0.672. The van der Waals surface area contributed by atoms with Gasteiger partial charge in [0.15, 0.2) is 0 Å². The second-order valence-corrected chi connectivity index (χ2v) is 12.6. The van der Waals surface area contributed by atoms with Crippen molar-refractivity contribution in [2.24, 2.45) is 11.8 Å². The van der Waals surface area contributed by atoms with Gasteiger partial charge in [-0.3, -0.25) is 24.1 Å². The Labute approximate surface area is 269 Å². The molecular weight excluding hydrogens is 592 g/mol. The molecule has 12 nitrogen and oxygen atoms in total. The zero-order valence-electron chi connectivity index (χ0n) is 26.3. The van der Waals surface area contributed by atoms with Gasteiger partial charge in [0, 0.05) is 39.1 Å². The lowest BCUT2D eigenvalue weighted by molar-refractivity contribution is -0.160. The van der Waals surface area contributed by atoms with Crippen LogP contribution >= 0.6 is 0 Å². The van der Waals surface area contributed by atoms with Crippen LogP contribution in [0, 0.1) is 11.8 Å². The number of fused-ring (bicyclic) bond motifs is 2. The molecule has 0 unspecified atom stereocenters. The number of aliphatic hydroxyl groups is 1. The quantitative estimate of drug-likeness (QED) is 0.329. The third-order valence-corrected chi connectivity index (χ3v) is 9.94. The lowest BCUT2D eigenvalue weighted by Gasteiger charge is -2.39. The van der Waals surface area contributed by atoms with Crippen LogP contribution in [0.1, 0.15) is 37.9 Å². The Morgan fingerprint density at radius 3 is 2.57 bits per heavy atom. The lowest BCUT2D eigenvalue weighted by Crippen LogP contribution is -2.59. The Morgan fingerprint density at radius 2 is 1.83 bits per heavy atom. The van der Waals surface area contributed by atoms with Crippen molar-refractivity contribution in [2.45, 2.75) is 56.1 Å². The number of aliphatic hydroxyl groups excluding tert-OH is 1. The predicted octanol–water partition coefficient (Wildman–Crippen LogP) is 0.819. The highest BCUT2D eigenvalue weighted by molar-refractivity contribution is 5.99. The van der Waals surface area contributed by atoms with Crippen LogP contribution in [-0.4, -0.2) is 126 Å². The molecule has 2 N–H and O–H groups in total. The number of amides is 3. The maximum Gasteiger partial charge on any atom is 0.313 e. The molecule has 1 aromatic rings. The minimum absolute atomic E-state index is 0.0706. The van der Waals surface area contributed by atoms with E-state index in [2.05, 4.69) is 10.2 Å². The van der Waals surface area contributed by atoms with Crippen molar-refractivity contribution < 1.29 is 38.5 Å². The van der Waals surface area contributed by atoms with Crippen molar-refractivity contribution in [2.75, 3.05) is 59.1 Å². The molecule has 248 valence electrons. The number of ether oxygens (including phenoxy) is 3. The van der Waals surface area contributed by atoms with E-state index in [1.54, 1.807) is 17.1 Å². The highest BCUT2D eigenvalue weighted by atomic mass is 16.6. The fourth-order valence-corrected chi connectivity index (χ4v) is 7.46. The second kappa shape index (κ2) is 14.0. The molecule has 0 radical (unpaired) electrons. The third kappa shape index (κ3) is 6.11. The summed E-state index contributed by atoms with van der Waals surface area (Å²) >= 11 is 0. The maximum atomic E-state index is 14.7. The zero-order valence-corrected chi connectivity index (χ0v) is 26.3. The van der Waals surface area contributed by atoms with E-state index in [1.165, 1.54) is 4.90 Å². The Morgan fingerprint density at radius 1 is 1.04 bits per heavy atom. The van der Waals surface area contributed by atoms with Gasteiger partial charge in [0.25, 0.3) is 0 Å². The lowest BCUT2D eigenvalue weighted by atomic mass is 9.74. The average molecular weight is 637 g/mol. The number of carbonyl (C=O) groups excluding carboxylic acids is 4. The van der Waals surface area contributed by atoms with E-state index in [-0.39, 0.29) is 37.9 Å². The van der Waals surface area contributed by atoms with Gasteiger partial charge in [-0.2, -0.15) is 0 Å². The number of likely N-dealkylation sites (tertiary alicyclic amines) is 1. The van der Waals surface area contributed by atoms with Crippen molar-refractivity contribution in [3.8, 4) is 0 Å². The third-order valence-electron chi connectivity index (χ3n) is 9.94. The summed E-state index contributed by atoms with van der Waals surface area (Å²) in [6, 6.07) is 7.46. The highest BCUT2D eigenvalue weighted by Crippen LogP contribution is 2.56. The summed E-state index contributed by atoms with van der Waals surface area (Å²) < 4.78 is 18.1. The first-order valence-electron chi connectivity index (χ1n) is 16.4. The fourth-order valence-electron chi connectivity index (χ4n) is 7.46. The molecule has 5 bridgehead atoms. The van der Waals surface area contributed by atoms with Crippen molar-refractivity contribution in [1.82, 2.24) is 20.0 Å². The topological polar surface area (TPSA) is 138 Å². The summed E-state index contributed by atoms with van der Waals surface area (Å²) in [5, 5.41) is 13.3. The molecule has 1 aromatic carbocycles. The van der Waals surface area contributed by atoms with Crippen LogP contribution in [0.4, 0.5) is 0 Å². The van der Waals surface area contributed by atoms with Gasteiger partial charge in [-0.05, 0) is 18.4 Å². The number of allylic oxidation sites excluding steroid dienone is 1. The molecule has 1 spiro atoms. The Balaban J connectivity index is 1.37. The molecular formula is C34H44N4O8. The second-order valence-electron chi connectivity index (χ2n) is 12.6. The van der Waals surface area contributed by atoms with E-state index in [0.29, 0.717) is 44.7 Å². The molecule has 5 heterocycles. The van der Waals surface area contributed by atoms with Gasteiger partial charge in [-0.15, -0.1) is 0 Å². The number of nitrogens with one attached hydrogen (secondary N) is 1. The summed E-state index contributed by atoms with van der Waals surface area (Å²) in [4.78, 5) is 61.4. The average Bonchev–Trinajstić information content (AvgIpc) is 3.72. The number of morpholine rings is 1. The number of esters is 1. The monoisotopic (exact) mass is 636 g/mol. The van der Waals surface area contributed by atoms with Crippen LogP contribution in [0.15, 0.2) is 54.6 Å². The highest BCUT2D eigenvalue weighted by Gasteiger charge is 2.74. The molecule has 3 fully saturated rings. The Bertz CT molecular complexity index is 1340. The molecule has 0 aliphatic carbocycles. The van der Waals surface area contributed by atoms with E-state index < -0.39 is 53.6 Å². The summed E-state index contributed by atoms with van der Waals surface area (Å²) in [7, 11) is 0. The van der Waals surface area contributed by atoms with E-state index in [0.717, 1.165) is 13.1 Å². The van der Waals surface area contributed by atoms with Crippen molar-refractivity contribution in [1.29, 1.82) is 0 Å². The first-order valence-corrected chi connectivity index (χ1v) is 16.4. The summed E-state index contributed by atoms with van der Waals surface area (Å²) in [6.45, 7) is 5.66. The van der Waals surface area contributed by atoms with E-state index in [9.17, 15) is 24.3 Å². The first-order chi connectivity index (χ1) is 22.4. The number of hydrogen-bond donors (Lipinski definition) is 2. The largest absolute Gasteiger partial charge is 0.455 e. The number of benzene rings is 1. The van der Waals surface area contributed by atoms with Crippen LogP contribution < -0.4 is 5.32 Å². The molecule has 5 aliphatic rings. The number of nitrogens with zero attached hydrogens (tertiary/aromatic N) is 3. The normalized spacial score (nSPS) is 33.6. The van der Waals surface area contributed by atoms with Crippen LogP contribution in [0.2, 0.25) is 0 Å². The first kappa shape index (κ1) is 32.4. The summed E-state index contributed by atoms with van der Waals surface area (Å²) in [5.74, 6) is -3.50. The van der Waals surface area contributed by atoms with Crippen molar-refractivity contribution >= 4 is 23.7 Å². The van der Waals surface area contributed by atoms with Crippen LogP contribution in [-0.2, 0) is 33.4 Å². The van der Waals surface area contributed by atoms with Gasteiger partial charge < -0.3 is 34.4 Å². The van der Waals surface area contributed by atoms with E-state index >= 15 is 0 Å². The number of carbonyl (C=O) groups is 4. The molecule has 3 amide bonds. The molecule has 0 saturated carbocycles. The fraction of sp³-hybridized carbons (Fsp3) is 0.588. The number of cyclic esters (lactones) is 1. The van der Waals surface area contributed by atoms with Crippen LogP contribution in [0.25, 0.3) is 0 Å². The van der Waals surface area contributed by atoms with Crippen molar-refractivity contribution in [3.05, 3.63) is 60.2 Å². The minimum atomic E-state index is -1.38. The standard InChI is InChI=1S/C34H44N4O8/c1-2-24(22-39)38-30-32(42)37(16-15-36-17-19-44-20-18-36)14-8-4-7-11-27(40)35-21-26(23-9-5-3-6-10-23)45-33(43)28-25-12-13-34(30,46-25)29(28)31(38)41/h3-6,8-10,12-13,24-26,28-30,39H,2,7,11,14-22H2,1H3,(H,35,40)/b8-4-/t24-,25+,26+,28-,29-,30+,34-/m0/s1. The van der Waals surface area contributed by atoms with E-state index in [4.69, 9.17) is 14.2 Å². The molecule has 5 aliphatic heterocycles. The minimum Gasteiger partial charge on any atom is -0.455 e. The summed E-state index contributed by atoms with van der Waals surface area (Å²) in [6.07, 6.45) is 6.88. The van der Waals surface area contributed by atoms with Gasteiger partial charge in [-0.1, -0.05) is 61.6 Å². The van der Waals surface area contributed by atoms with Gasteiger partial charge >= 0.3 is 5.97 Å². The number of hydrogen-bond acceptors (Lipinski definition) is 9.